The molecule has 0 spiro atoms. The molecule has 0 aliphatic carbocycles. The molecule has 0 bridgehead atoms. The van der Waals surface area contributed by atoms with Crippen LogP contribution in [0, 0.1) is 0 Å². The highest BCUT2D eigenvalue weighted by Crippen LogP contribution is 2.40. The van der Waals surface area contributed by atoms with Crippen LogP contribution in [0.4, 0.5) is 4.79 Å². The van der Waals surface area contributed by atoms with Gasteiger partial charge in [0, 0.05) is 12.1 Å². The largest absolute Gasteiger partial charge is 0.504 e. The lowest BCUT2D eigenvalue weighted by Gasteiger charge is -2.33. The number of fused-ring (bicyclic) bond motifs is 1. The van der Waals surface area contributed by atoms with Gasteiger partial charge in [0.2, 0.25) is 0 Å². The Morgan fingerprint density at radius 1 is 1.44 bits per heavy atom. The van der Waals surface area contributed by atoms with Crippen LogP contribution in [0.25, 0.3) is 0 Å². The van der Waals surface area contributed by atoms with E-state index in [-0.39, 0.29) is 11.5 Å². The molecule has 2 rings (SSSR count). The van der Waals surface area contributed by atoms with Crippen molar-refractivity contribution in [2.45, 2.75) is 19.4 Å². The van der Waals surface area contributed by atoms with Crippen LogP contribution in [-0.2, 0) is 6.42 Å². The quantitative estimate of drug-likeness (QED) is 0.585. The zero-order valence-corrected chi connectivity index (χ0v) is 8.84. The number of carboxylic acid groups (broad SMARTS) is 1. The zero-order chi connectivity index (χ0) is 11.9. The first-order valence-corrected chi connectivity index (χ1v) is 5.05. The van der Waals surface area contributed by atoms with Crippen molar-refractivity contribution in [1.82, 2.24) is 4.90 Å². The van der Waals surface area contributed by atoms with Gasteiger partial charge in [-0.15, -0.1) is 0 Å². The molecule has 1 aromatic carbocycles. The van der Waals surface area contributed by atoms with Crippen molar-refractivity contribution in [3.05, 3.63) is 23.3 Å². The van der Waals surface area contributed by atoms with E-state index in [0.29, 0.717) is 18.5 Å². The van der Waals surface area contributed by atoms with Crippen LogP contribution in [0.3, 0.4) is 0 Å². The first-order valence-electron chi connectivity index (χ1n) is 5.05. The molecule has 1 aromatic rings. The number of hydrogen-bond acceptors (Lipinski definition) is 3. The van der Waals surface area contributed by atoms with E-state index in [1.54, 1.807) is 13.0 Å². The number of phenols is 2. The molecule has 0 saturated heterocycles. The van der Waals surface area contributed by atoms with Gasteiger partial charge in [-0.3, -0.25) is 0 Å². The number of benzene rings is 1. The van der Waals surface area contributed by atoms with E-state index in [4.69, 9.17) is 5.11 Å². The third-order valence-electron chi connectivity index (χ3n) is 3.04. The second-order valence-electron chi connectivity index (χ2n) is 3.91. The van der Waals surface area contributed by atoms with Crippen LogP contribution in [0.15, 0.2) is 12.1 Å². The molecule has 0 radical (unpaired) electrons. The van der Waals surface area contributed by atoms with Gasteiger partial charge >= 0.3 is 6.09 Å². The highest BCUT2D eigenvalue weighted by molar-refractivity contribution is 5.67. The number of hydrogen-bond donors (Lipinski definition) is 3. The monoisotopic (exact) mass is 223 g/mol. The van der Waals surface area contributed by atoms with Gasteiger partial charge < -0.3 is 20.2 Å². The van der Waals surface area contributed by atoms with Crippen molar-refractivity contribution in [3.8, 4) is 11.5 Å². The predicted molar refractivity (Wildman–Crippen MR) is 56.6 cm³/mol. The molecule has 1 aliphatic heterocycles. The minimum absolute atomic E-state index is 0.210. The van der Waals surface area contributed by atoms with Gasteiger partial charge in [0.1, 0.15) is 0 Å². The molecule has 0 saturated carbocycles. The molecular formula is C11H13NO4. The molecule has 0 aromatic heterocycles. The Balaban J connectivity index is 2.50. The summed E-state index contributed by atoms with van der Waals surface area (Å²) in [5.74, 6) is -0.422. The van der Waals surface area contributed by atoms with E-state index in [0.717, 1.165) is 5.56 Å². The summed E-state index contributed by atoms with van der Waals surface area (Å²) < 4.78 is 0. The number of carbonyl (C=O) groups is 1. The van der Waals surface area contributed by atoms with Crippen molar-refractivity contribution >= 4 is 6.09 Å². The maximum absolute atomic E-state index is 11.0. The molecule has 5 heteroatoms. The smallest absolute Gasteiger partial charge is 0.407 e. The van der Waals surface area contributed by atoms with Crippen molar-refractivity contribution in [1.29, 1.82) is 0 Å². The lowest BCUT2D eigenvalue weighted by Crippen LogP contribution is -2.37. The molecule has 3 N–H and O–H groups in total. The predicted octanol–water partition coefficient (Wildman–Crippen LogP) is 1.69. The molecule has 0 fully saturated rings. The maximum atomic E-state index is 11.0. The molecule has 1 amide bonds. The Hall–Kier alpha value is -1.91. The summed E-state index contributed by atoms with van der Waals surface area (Å²) in [6, 6.07) is 2.71. The fraction of sp³-hybridized carbons (Fsp3) is 0.364. The average Bonchev–Trinajstić information content (AvgIpc) is 2.23. The number of nitrogens with zero attached hydrogens (tertiary/aromatic N) is 1. The SMILES string of the molecule is CC1c2c(ccc(O)c2O)CCN1C(=O)O. The number of rotatable bonds is 0. The van der Waals surface area contributed by atoms with Crippen LogP contribution >= 0.6 is 0 Å². The molecule has 86 valence electrons. The second-order valence-corrected chi connectivity index (χ2v) is 3.91. The number of amides is 1. The fourth-order valence-corrected chi connectivity index (χ4v) is 2.17. The Kier molecular flexibility index (Phi) is 2.38. The highest BCUT2D eigenvalue weighted by Gasteiger charge is 2.30. The normalized spacial score (nSPS) is 19.3. The second kappa shape index (κ2) is 3.59. The van der Waals surface area contributed by atoms with Crippen molar-refractivity contribution in [2.75, 3.05) is 6.54 Å². The molecule has 1 atom stereocenters. The molecule has 5 nitrogen and oxygen atoms in total. The third kappa shape index (κ3) is 1.44. The maximum Gasteiger partial charge on any atom is 0.407 e. The Bertz CT molecular complexity index is 444. The Labute approximate surface area is 92.6 Å². The summed E-state index contributed by atoms with van der Waals surface area (Å²) in [4.78, 5) is 12.2. The number of phenolic OH excluding ortho intramolecular Hbond substituents is 2. The van der Waals surface area contributed by atoms with Crippen LogP contribution < -0.4 is 0 Å². The molecule has 1 unspecified atom stereocenters. The van der Waals surface area contributed by atoms with Crippen LogP contribution in [0.1, 0.15) is 24.1 Å². The zero-order valence-electron chi connectivity index (χ0n) is 8.84. The van der Waals surface area contributed by atoms with E-state index in [9.17, 15) is 15.0 Å². The van der Waals surface area contributed by atoms with Gasteiger partial charge in [-0.05, 0) is 25.0 Å². The van der Waals surface area contributed by atoms with Gasteiger partial charge in [-0.2, -0.15) is 0 Å². The molecule has 1 aliphatic rings. The lowest BCUT2D eigenvalue weighted by molar-refractivity contribution is 0.123. The van der Waals surface area contributed by atoms with E-state index < -0.39 is 12.1 Å². The summed E-state index contributed by atoms with van der Waals surface area (Å²) in [7, 11) is 0. The summed E-state index contributed by atoms with van der Waals surface area (Å²) in [5.41, 5.74) is 1.40. The Morgan fingerprint density at radius 2 is 2.12 bits per heavy atom. The summed E-state index contributed by atoms with van der Waals surface area (Å²) in [5, 5.41) is 28.1. The van der Waals surface area contributed by atoms with Crippen LogP contribution in [-0.4, -0.2) is 32.9 Å². The van der Waals surface area contributed by atoms with Gasteiger partial charge in [-0.1, -0.05) is 6.07 Å². The van der Waals surface area contributed by atoms with E-state index >= 15 is 0 Å². The van der Waals surface area contributed by atoms with Gasteiger partial charge in [0.05, 0.1) is 6.04 Å². The Morgan fingerprint density at radius 3 is 2.75 bits per heavy atom. The van der Waals surface area contributed by atoms with E-state index in [2.05, 4.69) is 0 Å². The standard InChI is InChI=1S/C11H13NO4/c1-6-9-7(2-3-8(13)10(9)14)4-5-12(6)11(15)16/h2-3,6,13-14H,4-5H2,1H3,(H,15,16). The van der Waals surface area contributed by atoms with Gasteiger partial charge in [-0.25, -0.2) is 4.79 Å². The van der Waals surface area contributed by atoms with Crippen LogP contribution in [0.2, 0.25) is 0 Å². The first kappa shape index (κ1) is 10.6. The summed E-state index contributed by atoms with van der Waals surface area (Å²) >= 11 is 0. The van der Waals surface area contributed by atoms with Crippen molar-refractivity contribution in [3.63, 3.8) is 0 Å². The molecule has 1 heterocycles. The first-order chi connectivity index (χ1) is 7.52. The van der Waals surface area contributed by atoms with Crippen molar-refractivity contribution < 1.29 is 20.1 Å². The highest BCUT2D eigenvalue weighted by atomic mass is 16.4. The third-order valence-corrected chi connectivity index (χ3v) is 3.04. The van der Waals surface area contributed by atoms with E-state index in [1.807, 2.05) is 0 Å². The lowest BCUT2D eigenvalue weighted by atomic mass is 9.92. The minimum atomic E-state index is -1.01. The van der Waals surface area contributed by atoms with Crippen LogP contribution in [0.5, 0.6) is 11.5 Å². The molecular weight excluding hydrogens is 210 g/mol. The van der Waals surface area contributed by atoms with Gasteiger partial charge in [0.25, 0.3) is 0 Å². The average molecular weight is 223 g/mol. The minimum Gasteiger partial charge on any atom is -0.504 e. The topological polar surface area (TPSA) is 81.0 Å². The summed E-state index contributed by atoms with van der Waals surface area (Å²) in [6.45, 7) is 2.11. The molecule has 16 heavy (non-hydrogen) atoms. The van der Waals surface area contributed by atoms with E-state index in [1.165, 1.54) is 11.0 Å². The van der Waals surface area contributed by atoms with Crippen molar-refractivity contribution in [2.24, 2.45) is 0 Å². The fourth-order valence-electron chi connectivity index (χ4n) is 2.17. The number of aromatic hydroxyl groups is 2. The van der Waals surface area contributed by atoms with Gasteiger partial charge in [0.15, 0.2) is 11.5 Å². The summed E-state index contributed by atoms with van der Waals surface area (Å²) in [6.07, 6.45) is -0.458.